The second-order valence-corrected chi connectivity index (χ2v) is 9.21. The molecule has 0 saturated carbocycles. The van der Waals surface area contributed by atoms with Gasteiger partial charge < -0.3 is 0 Å². The third-order valence-electron chi connectivity index (χ3n) is 5.36. The molecule has 0 bridgehead atoms. The molecule has 0 heterocycles. The van der Waals surface area contributed by atoms with Gasteiger partial charge in [0.15, 0.2) is 14.2 Å². The van der Waals surface area contributed by atoms with Gasteiger partial charge in [-0.3, -0.25) is 9.36 Å². The van der Waals surface area contributed by atoms with Crippen molar-refractivity contribution in [3.8, 4) is 0 Å². The van der Waals surface area contributed by atoms with Crippen LogP contribution < -0.4 is 0 Å². The fraction of sp³-hybridized carbons (Fsp3) is 0.458. The molecule has 0 aliphatic carbocycles. The molecule has 0 radical (unpaired) electrons. The van der Waals surface area contributed by atoms with Crippen molar-refractivity contribution in [1.82, 2.24) is 0 Å². The Kier molecular flexibility index (Phi) is 7.12. The van der Waals surface area contributed by atoms with Gasteiger partial charge in [0.05, 0.1) is 5.92 Å². The fourth-order valence-corrected chi connectivity index (χ4v) is 4.91. The largest absolute Gasteiger partial charge is 0.293 e. The summed E-state index contributed by atoms with van der Waals surface area (Å²) in [6, 6.07) is 14.3. The second kappa shape index (κ2) is 8.93. The lowest BCUT2D eigenvalue weighted by Gasteiger charge is -2.36. The van der Waals surface area contributed by atoms with E-state index in [2.05, 4.69) is 52.0 Å². The summed E-state index contributed by atoms with van der Waals surface area (Å²) < 4.78 is 11.0. The van der Waals surface area contributed by atoms with Crippen molar-refractivity contribution in [2.45, 2.75) is 53.9 Å². The highest BCUT2D eigenvalue weighted by Crippen LogP contribution is 2.43. The topological polar surface area (TPSA) is 34.1 Å². The van der Waals surface area contributed by atoms with Crippen molar-refractivity contribution in [3.05, 3.63) is 70.3 Å². The quantitative estimate of drug-likeness (QED) is 0.367. The molecule has 3 heteroatoms. The van der Waals surface area contributed by atoms with Gasteiger partial charge in [-0.25, -0.2) is 0 Å². The van der Waals surface area contributed by atoms with E-state index in [9.17, 15) is 9.36 Å². The number of benzene rings is 2. The Labute approximate surface area is 165 Å². The lowest BCUT2D eigenvalue weighted by Crippen LogP contribution is -2.32. The minimum Gasteiger partial charge on any atom is -0.293 e. The van der Waals surface area contributed by atoms with E-state index in [0.29, 0.717) is 12.1 Å². The second-order valence-electron chi connectivity index (χ2n) is 8.59. The van der Waals surface area contributed by atoms with Crippen molar-refractivity contribution < 1.29 is 9.36 Å². The molecule has 2 nitrogen and oxygen atoms in total. The third-order valence-corrected chi connectivity index (χ3v) is 6.13. The van der Waals surface area contributed by atoms with Crippen LogP contribution in [0.1, 0.15) is 65.7 Å². The summed E-state index contributed by atoms with van der Waals surface area (Å²) in [7, 11) is 0.173. The van der Waals surface area contributed by atoms with Crippen LogP contribution in [0.25, 0.3) is 0 Å². The zero-order chi connectivity index (χ0) is 20.2. The summed E-state index contributed by atoms with van der Waals surface area (Å²) in [4.78, 5) is 13.8. The molecule has 0 aromatic heterocycles. The molecule has 2 aromatic carbocycles. The molecule has 2 atom stereocenters. The zero-order valence-corrected chi connectivity index (χ0v) is 18.3. The first-order chi connectivity index (χ1) is 12.7. The summed E-state index contributed by atoms with van der Waals surface area (Å²) in [6.45, 7) is 12.6. The molecule has 27 heavy (non-hydrogen) atoms. The number of hydrogen-bond acceptors (Lipinski definition) is 2. The van der Waals surface area contributed by atoms with Crippen LogP contribution in [0.15, 0.2) is 42.5 Å². The van der Waals surface area contributed by atoms with Crippen LogP contribution in [0.2, 0.25) is 0 Å². The molecule has 2 unspecified atom stereocenters. The Morgan fingerprint density at radius 2 is 1.59 bits per heavy atom. The first-order valence-corrected chi connectivity index (χ1v) is 10.6. The van der Waals surface area contributed by atoms with Gasteiger partial charge in [-0.05, 0) is 55.2 Å². The molecule has 2 rings (SSSR count). The number of carbonyl (C=O) groups is 1. The van der Waals surface area contributed by atoms with Crippen LogP contribution in [0.3, 0.4) is 0 Å². The summed E-state index contributed by atoms with van der Waals surface area (Å²) in [5, 5.41) is 0. The number of aryl methyl sites for hydroxylation is 3. The van der Waals surface area contributed by atoms with E-state index in [1.165, 1.54) is 5.56 Å². The van der Waals surface area contributed by atoms with Gasteiger partial charge in [0, 0.05) is 11.7 Å². The molecular formula is C24H31O2P. The molecule has 0 aliphatic heterocycles. The number of carbonyl (C=O) groups excluding carboxylic acids is 1. The van der Waals surface area contributed by atoms with Crippen LogP contribution in [0, 0.1) is 32.1 Å². The smallest absolute Gasteiger partial charge is 0.171 e. The maximum Gasteiger partial charge on any atom is 0.171 e. The lowest BCUT2D eigenvalue weighted by molar-refractivity contribution is 0.0863. The van der Waals surface area contributed by atoms with E-state index < -0.39 is 0 Å². The van der Waals surface area contributed by atoms with E-state index in [0.717, 1.165) is 28.7 Å². The van der Waals surface area contributed by atoms with Crippen molar-refractivity contribution in [3.63, 3.8) is 0 Å². The first kappa shape index (κ1) is 21.5. The molecule has 0 N–H and O–H groups in total. The van der Waals surface area contributed by atoms with Crippen molar-refractivity contribution in [2.24, 2.45) is 11.3 Å². The zero-order valence-electron chi connectivity index (χ0n) is 17.4. The third kappa shape index (κ3) is 5.14. The van der Waals surface area contributed by atoms with Crippen molar-refractivity contribution >= 4 is 14.2 Å². The molecule has 0 spiro atoms. The van der Waals surface area contributed by atoms with Crippen LogP contribution >= 0.6 is 8.46 Å². The average molecular weight is 382 g/mol. The van der Waals surface area contributed by atoms with Crippen LogP contribution in [0.5, 0.6) is 0 Å². The van der Waals surface area contributed by atoms with Gasteiger partial charge in [-0.15, -0.1) is 0 Å². The first-order valence-electron chi connectivity index (χ1n) is 9.63. The highest BCUT2D eigenvalue weighted by molar-refractivity contribution is 7.23. The van der Waals surface area contributed by atoms with E-state index in [1.54, 1.807) is 0 Å². The van der Waals surface area contributed by atoms with Gasteiger partial charge in [0.1, 0.15) is 0 Å². The highest BCUT2D eigenvalue weighted by Gasteiger charge is 2.38. The standard InChI is InChI=1S/C24H31O2P/c1-16-12-18(3)21(19(4)13-16)23(25)22(20-10-8-7-9-11-20)24(5,6)14-17(2)15-27-26/h7-13,17,22H,14-15H2,1-6H3. The van der Waals surface area contributed by atoms with E-state index >= 15 is 0 Å². The molecule has 0 amide bonds. The number of ketones is 1. The van der Waals surface area contributed by atoms with Gasteiger partial charge in [0.2, 0.25) is 0 Å². The molecule has 0 saturated heterocycles. The predicted molar refractivity (Wildman–Crippen MR) is 114 cm³/mol. The SMILES string of the molecule is Cc1cc(C)c(C(=O)C(c2ccccc2)C(C)(C)CC(C)CP=O)c(C)c1. The van der Waals surface area contributed by atoms with Crippen LogP contribution in [0.4, 0.5) is 0 Å². The summed E-state index contributed by atoms with van der Waals surface area (Å²) in [5.41, 5.74) is 4.92. The summed E-state index contributed by atoms with van der Waals surface area (Å²) >= 11 is 0. The monoisotopic (exact) mass is 382 g/mol. The molecule has 0 fully saturated rings. The maximum absolute atomic E-state index is 13.8. The Hall–Kier alpha value is -1.79. The maximum atomic E-state index is 13.8. The fourth-order valence-electron chi connectivity index (χ4n) is 4.52. The van der Waals surface area contributed by atoms with Gasteiger partial charge in [-0.2, -0.15) is 0 Å². The van der Waals surface area contributed by atoms with E-state index in [1.807, 2.05) is 32.0 Å². The Bertz CT molecular complexity index is 785. The Balaban J connectivity index is 2.54. The Morgan fingerprint density at radius 3 is 2.11 bits per heavy atom. The van der Waals surface area contributed by atoms with E-state index in [4.69, 9.17) is 0 Å². The summed E-state index contributed by atoms with van der Waals surface area (Å²) in [6.07, 6.45) is 1.47. The van der Waals surface area contributed by atoms with Gasteiger partial charge >= 0.3 is 0 Å². The van der Waals surface area contributed by atoms with E-state index in [-0.39, 0.29) is 25.6 Å². The molecule has 144 valence electrons. The number of hydrogen-bond donors (Lipinski definition) is 0. The predicted octanol–water partition coefficient (Wildman–Crippen LogP) is 6.92. The lowest BCUT2D eigenvalue weighted by atomic mass is 9.67. The normalized spacial score (nSPS) is 14.1. The minimum absolute atomic E-state index is 0.173. The Morgan fingerprint density at radius 1 is 1.04 bits per heavy atom. The highest BCUT2D eigenvalue weighted by atomic mass is 31.1. The molecular weight excluding hydrogens is 351 g/mol. The molecule has 0 aliphatic rings. The summed E-state index contributed by atoms with van der Waals surface area (Å²) in [5.74, 6) is 0.246. The van der Waals surface area contributed by atoms with Crippen molar-refractivity contribution in [2.75, 3.05) is 6.16 Å². The minimum atomic E-state index is -0.244. The van der Waals surface area contributed by atoms with Crippen LogP contribution in [-0.2, 0) is 4.57 Å². The van der Waals surface area contributed by atoms with Crippen LogP contribution in [-0.4, -0.2) is 11.9 Å². The van der Waals surface area contributed by atoms with Gasteiger partial charge in [-0.1, -0.05) is 68.8 Å². The molecule has 2 aromatic rings. The van der Waals surface area contributed by atoms with Crippen molar-refractivity contribution in [1.29, 1.82) is 0 Å². The number of Topliss-reactive ketones (excluding diaryl/α,β-unsaturated/α-hetero) is 1. The van der Waals surface area contributed by atoms with Gasteiger partial charge in [0.25, 0.3) is 0 Å². The average Bonchev–Trinajstić information content (AvgIpc) is 2.54. The number of rotatable bonds is 8.